The highest BCUT2D eigenvalue weighted by atomic mass is 127. The van der Waals surface area contributed by atoms with Crippen LogP contribution in [0.15, 0.2) is 65.7 Å². The molecule has 0 aromatic heterocycles. The summed E-state index contributed by atoms with van der Waals surface area (Å²) in [7, 11) is 3.46. The Balaban J connectivity index is 0.00000341. The summed E-state index contributed by atoms with van der Waals surface area (Å²) >= 11 is 0. The maximum atomic E-state index is 11.8. The number of piperazine rings is 1. The summed E-state index contributed by atoms with van der Waals surface area (Å²) in [6, 6.07) is 18.1. The van der Waals surface area contributed by atoms with Crippen LogP contribution in [0, 0.1) is 0 Å². The number of nitrogens with one attached hydrogen (secondary N) is 2. The molecule has 1 heterocycles. The van der Waals surface area contributed by atoms with Crippen LogP contribution in [0.3, 0.4) is 0 Å². The molecule has 7 heteroatoms. The first-order valence-corrected chi connectivity index (χ1v) is 10.4. The number of carbonyl (C=O) groups excluding carboxylic acids is 1. The van der Waals surface area contributed by atoms with E-state index in [0.29, 0.717) is 12.1 Å². The predicted molar refractivity (Wildman–Crippen MR) is 139 cm³/mol. The van der Waals surface area contributed by atoms with Gasteiger partial charge < -0.3 is 15.5 Å². The van der Waals surface area contributed by atoms with Crippen LogP contribution in [-0.4, -0.2) is 68.5 Å². The zero-order chi connectivity index (χ0) is 21.2. The number of aliphatic imine (C=N–C) groups is 1. The Kier molecular flexibility index (Phi) is 10.5. The number of carbonyl (C=O) groups is 1. The van der Waals surface area contributed by atoms with Gasteiger partial charge in [-0.05, 0) is 23.3 Å². The van der Waals surface area contributed by atoms with Crippen molar-refractivity contribution in [1.29, 1.82) is 0 Å². The van der Waals surface area contributed by atoms with E-state index in [4.69, 9.17) is 0 Å². The third kappa shape index (κ3) is 7.66. The lowest BCUT2D eigenvalue weighted by Gasteiger charge is -2.36. The van der Waals surface area contributed by atoms with Gasteiger partial charge in [0.05, 0.1) is 0 Å². The summed E-state index contributed by atoms with van der Waals surface area (Å²) in [6.07, 6.45) is 4.41. The molecule has 2 aromatic rings. The molecule has 1 fully saturated rings. The largest absolute Gasteiger partial charge is 0.355 e. The zero-order valence-electron chi connectivity index (χ0n) is 18.3. The highest BCUT2D eigenvalue weighted by Crippen LogP contribution is 2.07. The molecule has 0 unspecified atom stereocenters. The number of hydrogen-bond donors (Lipinski definition) is 2. The van der Waals surface area contributed by atoms with Gasteiger partial charge in [-0.2, -0.15) is 0 Å². The number of halogens is 1. The molecule has 1 amide bonds. The Morgan fingerprint density at radius 3 is 2.48 bits per heavy atom. The molecule has 6 nitrogen and oxygen atoms in total. The van der Waals surface area contributed by atoms with E-state index in [2.05, 4.69) is 61.8 Å². The number of benzene rings is 2. The average Bonchev–Trinajstić information content (AvgIpc) is 2.81. The van der Waals surface area contributed by atoms with Gasteiger partial charge in [-0.3, -0.25) is 14.7 Å². The molecular formula is C24H32IN5O. The lowest BCUT2D eigenvalue weighted by Crippen LogP contribution is -2.52. The average molecular weight is 533 g/mol. The Bertz CT molecular complexity index is 877. The van der Waals surface area contributed by atoms with Crippen LogP contribution >= 0.6 is 24.0 Å². The van der Waals surface area contributed by atoms with Crippen LogP contribution < -0.4 is 10.6 Å². The Labute approximate surface area is 202 Å². The highest BCUT2D eigenvalue weighted by Gasteiger charge is 2.18. The van der Waals surface area contributed by atoms with Crippen molar-refractivity contribution < 1.29 is 4.79 Å². The van der Waals surface area contributed by atoms with Crippen molar-refractivity contribution in [3.63, 3.8) is 0 Å². The van der Waals surface area contributed by atoms with E-state index >= 15 is 0 Å². The van der Waals surface area contributed by atoms with Gasteiger partial charge >= 0.3 is 0 Å². The molecule has 3 rings (SSSR count). The summed E-state index contributed by atoms with van der Waals surface area (Å²) in [5.41, 5.74) is 2.96. The van der Waals surface area contributed by atoms with E-state index < -0.39 is 0 Å². The summed E-state index contributed by atoms with van der Waals surface area (Å²) in [5, 5.41) is 6.09. The highest BCUT2D eigenvalue weighted by molar-refractivity contribution is 14.0. The van der Waals surface area contributed by atoms with E-state index in [0.717, 1.165) is 44.2 Å². The Morgan fingerprint density at radius 1 is 1.06 bits per heavy atom. The van der Waals surface area contributed by atoms with Gasteiger partial charge in [0.15, 0.2) is 5.96 Å². The molecule has 1 aliphatic heterocycles. The lowest BCUT2D eigenvalue weighted by molar-refractivity contribution is 0.0963. The number of nitrogens with zero attached hydrogens (tertiary/aromatic N) is 3. The van der Waals surface area contributed by atoms with Crippen molar-refractivity contribution in [2.45, 2.75) is 6.54 Å². The number of amides is 1. The van der Waals surface area contributed by atoms with Crippen LogP contribution in [-0.2, 0) is 6.54 Å². The molecule has 0 aliphatic carbocycles. The van der Waals surface area contributed by atoms with E-state index in [1.165, 1.54) is 5.56 Å². The van der Waals surface area contributed by atoms with Crippen LogP contribution in [0.1, 0.15) is 21.5 Å². The van der Waals surface area contributed by atoms with Gasteiger partial charge in [0.1, 0.15) is 0 Å². The fourth-order valence-corrected chi connectivity index (χ4v) is 3.52. The second kappa shape index (κ2) is 13.1. The van der Waals surface area contributed by atoms with Crippen LogP contribution in [0.2, 0.25) is 0 Å². The van der Waals surface area contributed by atoms with E-state index in [1.54, 1.807) is 7.05 Å². The van der Waals surface area contributed by atoms with Crippen LogP contribution in [0.4, 0.5) is 0 Å². The van der Waals surface area contributed by atoms with Gasteiger partial charge in [-0.15, -0.1) is 24.0 Å². The third-order valence-corrected chi connectivity index (χ3v) is 5.22. The van der Waals surface area contributed by atoms with Crippen molar-refractivity contribution in [3.05, 3.63) is 77.4 Å². The summed E-state index contributed by atoms with van der Waals surface area (Å²) in [4.78, 5) is 21.0. The standard InChI is InChI=1S/C24H31N5O.HI/c1-25-23(30)22-12-6-10-21(18-22)19-27-24(26-2)29-16-14-28(15-17-29)13-7-11-20-8-4-3-5-9-20;/h3-12,18H,13-17,19H2,1-2H3,(H,25,30)(H,26,27);1H/b11-7+;. The number of hydrogen-bond acceptors (Lipinski definition) is 3. The van der Waals surface area contributed by atoms with Gasteiger partial charge in [-0.25, -0.2) is 0 Å². The first-order chi connectivity index (χ1) is 14.7. The molecule has 0 saturated carbocycles. The SMILES string of the molecule is CN=C(NCc1cccc(C(=O)NC)c1)N1CCN(C/C=C/c2ccccc2)CC1.I. The fraction of sp³-hybridized carbons (Fsp3) is 0.333. The summed E-state index contributed by atoms with van der Waals surface area (Å²) in [6.45, 7) is 5.49. The van der Waals surface area contributed by atoms with Gasteiger partial charge in [0.2, 0.25) is 0 Å². The number of rotatable bonds is 6. The maximum Gasteiger partial charge on any atom is 0.251 e. The Hall–Kier alpha value is -2.39. The second-order valence-corrected chi connectivity index (χ2v) is 7.28. The number of guanidine groups is 1. The Morgan fingerprint density at radius 2 is 1.81 bits per heavy atom. The smallest absolute Gasteiger partial charge is 0.251 e. The minimum atomic E-state index is -0.0707. The predicted octanol–water partition coefficient (Wildman–Crippen LogP) is 3.07. The molecule has 1 saturated heterocycles. The van der Waals surface area contributed by atoms with E-state index in [9.17, 15) is 4.79 Å². The van der Waals surface area contributed by atoms with Gasteiger partial charge in [-0.1, -0.05) is 54.6 Å². The fourth-order valence-electron chi connectivity index (χ4n) is 3.52. The maximum absolute atomic E-state index is 11.8. The van der Waals surface area contributed by atoms with Crippen molar-refractivity contribution in [3.8, 4) is 0 Å². The normalized spacial score (nSPS) is 14.9. The molecule has 0 spiro atoms. The second-order valence-electron chi connectivity index (χ2n) is 7.28. The van der Waals surface area contributed by atoms with Gasteiger partial charge in [0.25, 0.3) is 5.91 Å². The van der Waals surface area contributed by atoms with Crippen molar-refractivity contribution >= 4 is 41.9 Å². The molecule has 0 radical (unpaired) electrons. The van der Waals surface area contributed by atoms with Crippen LogP contribution in [0.5, 0.6) is 0 Å². The molecule has 0 bridgehead atoms. The zero-order valence-corrected chi connectivity index (χ0v) is 20.6. The summed E-state index contributed by atoms with van der Waals surface area (Å²) < 4.78 is 0. The minimum Gasteiger partial charge on any atom is -0.355 e. The molecule has 2 N–H and O–H groups in total. The molecular weight excluding hydrogens is 501 g/mol. The lowest BCUT2D eigenvalue weighted by atomic mass is 10.1. The first kappa shape index (κ1) is 24.9. The van der Waals surface area contributed by atoms with Crippen molar-refractivity contribution in [1.82, 2.24) is 20.4 Å². The molecule has 0 atom stereocenters. The van der Waals surface area contributed by atoms with E-state index in [-0.39, 0.29) is 29.9 Å². The molecule has 31 heavy (non-hydrogen) atoms. The van der Waals surface area contributed by atoms with E-state index in [1.807, 2.05) is 37.4 Å². The molecule has 2 aromatic carbocycles. The van der Waals surface area contributed by atoms with Crippen molar-refractivity contribution in [2.75, 3.05) is 46.8 Å². The summed E-state index contributed by atoms with van der Waals surface area (Å²) in [5.74, 6) is 0.832. The topological polar surface area (TPSA) is 60.0 Å². The monoisotopic (exact) mass is 533 g/mol. The van der Waals surface area contributed by atoms with Crippen LogP contribution in [0.25, 0.3) is 6.08 Å². The third-order valence-electron chi connectivity index (χ3n) is 5.22. The molecule has 1 aliphatic rings. The van der Waals surface area contributed by atoms with Crippen molar-refractivity contribution in [2.24, 2.45) is 4.99 Å². The van der Waals surface area contributed by atoms with Gasteiger partial charge in [0, 0.05) is 58.9 Å². The molecule has 166 valence electrons. The quantitative estimate of drug-likeness (QED) is 0.341. The minimum absolute atomic E-state index is 0. The first-order valence-electron chi connectivity index (χ1n) is 10.4.